The summed E-state index contributed by atoms with van der Waals surface area (Å²) in [5, 5.41) is 8.75. The summed E-state index contributed by atoms with van der Waals surface area (Å²) in [5.74, 6) is 0.0860. The molecule has 1 amide bonds. The number of carbonyl (C=O) groups is 1. The lowest BCUT2D eigenvalue weighted by Gasteiger charge is -2.31. The lowest BCUT2D eigenvalue weighted by molar-refractivity contribution is 0.0734. The topological polar surface area (TPSA) is 50.2 Å². The van der Waals surface area contributed by atoms with Gasteiger partial charge in [-0.1, -0.05) is 11.6 Å². The summed E-state index contributed by atoms with van der Waals surface area (Å²) in [6.45, 7) is 2.45. The summed E-state index contributed by atoms with van der Waals surface area (Å²) in [6, 6.07) is 5.01. The van der Waals surface area contributed by atoms with Crippen molar-refractivity contribution in [2.75, 3.05) is 13.1 Å². The van der Waals surface area contributed by atoms with E-state index in [4.69, 9.17) is 11.6 Å². The van der Waals surface area contributed by atoms with E-state index in [0.29, 0.717) is 24.2 Å². The lowest BCUT2D eigenvalue weighted by Crippen LogP contribution is -2.37. The predicted octanol–water partition coefficient (Wildman–Crippen LogP) is 3.49. The summed E-state index contributed by atoms with van der Waals surface area (Å²) in [6.07, 6.45) is 9.16. The Hall–Kier alpha value is -1.85. The second-order valence-corrected chi connectivity index (χ2v) is 8.13. The van der Waals surface area contributed by atoms with Gasteiger partial charge in [0.2, 0.25) is 0 Å². The van der Waals surface area contributed by atoms with E-state index < -0.39 is 0 Å². The zero-order chi connectivity index (χ0) is 17.7. The summed E-state index contributed by atoms with van der Waals surface area (Å²) >= 11 is 6.37. The molecule has 0 spiro atoms. The van der Waals surface area contributed by atoms with Crippen LogP contribution in [0.2, 0.25) is 5.02 Å². The Balaban J connectivity index is 1.42. The fourth-order valence-corrected chi connectivity index (χ4v) is 4.51. The number of aromatic nitrogens is 2. The minimum atomic E-state index is 0.0860. The first kappa shape index (κ1) is 16.3. The molecule has 2 aromatic rings. The monoisotopic (exact) mass is 370 g/mol. The van der Waals surface area contributed by atoms with Crippen LogP contribution in [-0.4, -0.2) is 33.7 Å². The number of fused-ring (bicyclic) bond motifs is 1. The maximum absolute atomic E-state index is 13.0. The first-order valence-corrected chi connectivity index (χ1v) is 9.95. The SMILES string of the molecule is O=C(c1cnn(C2CC2)c1)N1CCc2cc(Cl)cc([C@@H]3CCCN3)c2C1. The average molecular weight is 371 g/mol. The highest BCUT2D eigenvalue weighted by atomic mass is 35.5. The Labute approximate surface area is 158 Å². The number of amides is 1. The van der Waals surface area contributed by atoms with Gasteiger partial charge < -0.3 is 10.2 Å². The Morgan fingerprint density at radius 3 is 2.92 bits per heavy atom. The van der Waals surface area contributed by atoms with Gasteiger partial charge in [-0.25, -0.2) is 0 Å². The van der Waals surface area contributed by atoms with Gasteiger partial charge in [0.15, 0.2) is 0 Å². The van der Waals surface area contributed by atoms with Crippen molar-refractivity contribution in [3.63, 3.8) is 0 Å². The van der Waals surface area contributed by atoms with E-state index in [1.165, 1.54) is 36.0 Å². The minimum Gasteiger partial charge on any atom is -0.334 e. The van der Waals surface area contributed by atoms with Gasteiger partial charge in [0.05, 0.1) is 17.8 Å². The van der Waals surface area contributed by atoms with Gasteiger partial charge in [-0.2, -0.15) is 5.10 Å². The maximum atomic E-state index is 13.0. The summed E-state index contributed by atoms with van der Waals surface area (Å²) in [5.41, 5.74) is 4.55. The van der Waals surface area contributed by atoms with Crippen molar-refractivity contribution >= 4 is 17.5 Å². The van der Waals surface area contributed by atoms with Crippen molar-refractivity contribution in [1.29, 1.82) is 0 Å². The molecule has 2 aliphatic heterocycles. The molecule has 1 aromatic carbocycles. The van der Waals surface area contributed by atoms with Crippen LogP contribution in [0.25, 0.3) is 0 Å². The lowest BCUT2D eigenvalue weighted by atomic mass is 9.90. The van der Waals surface area contributed by atoms with E-state index in [-0.39, 0.29) is 5.91 Å². The molecule has 5 nitrogen and oxygen atoms in total. The number of hydrogen-bond acceptors (Lipinski definition) is 3. The van der Waals surface area contributed by atoms with Gasteiger partial charge in [0.25, 0.3) is 5.91 Å². The van der Waals surface area contributed by atoms with Gasteiger partial charge in [-0.05, 0) is 67.5 Å². The van der Waals surface area contributed by atoms with Crippen LogP contribution < -0.4 is 5.32 Å². The highest BCUT2D eigenvalue weighted by molar-refractivity contribution is 6.30. The van der Waals surface area contributed by atoms with Crippen LogP contribution in [0.4, 0.5) is 0 Å². The molecular formula is C20H23ClN4O. The fourth-order valence-electron chi connectivity index (χ4n) is 4.26. The third kappa shape index (κ3) is 2.93. The number of rotatable bonds is 3. The highest BCUT2D eigenvalue weighted by Crippen LogP contribution is 2.35. The van der Waals surface area contributed by atoms with Crippen molar-refractivity contribution in [3.8, 4) is 0 Å². The molecule has 1 aromatic heterocycles. The predicted molar refractivity (Wildman–Crippen MR) is 100 cm³/mol. The van der Waals surface area contributed by atoms with E-state index in [1.54, 1.807) is 6.20 Å². The van der Waals surface area contributed by atoms with Gasteiger partial charge >= 0.3 is 0 Å². The standard InChI is InChI=1S/C20H23ClN4O/c21-15-8-13-5-7-24(12-18(13)17(9-15)19-2-1-6-22-19)20(26)14-10-23-25(11-14)16-3-4-16/h8-11,16,19,22H,1-7,12H2/t19-/m0/s1. The van der Waals surface area contributed by atoms with Crippen LogP contribution in [0.15, 0.2) is 24.5 Å². The third-order valence-electron chi connectivity index (χ3n) is 5.83. The molecule has 3 heterocycles. The summed E-state index contributed by atoms with van der Waals surface area (Å²) < 4.78 is 1.94. The number of nitrogens with zero attached hydrogens (tertiary/aromatic N) is 3. The fraction of sp³-hybridized carbons (Fsp3) is 0.500. The van der Waals surface area contributed by atoms with E-state index in [0.717, 1.165) is 31.0 Å². The Morgan fingerprint density at radius 2 is 2.15 bits per heavy atom. The number of nitrogens with one attached hydrogen (secondary N) is 1. The molecule has 0 radical (unpaired) electrons. The molecule has 3 aliphatic rings. The normalized spacial score (nSPS) is 22.5. The van der Waals surface area contributed by atoms with E-state index in [9.17, 15) is 4.79 Å². The largest absolute Gasteiger partial charge is 0.334 e. The molecular weight excluding hydrogens is 348 g/mol. The first-order chi connectivity index (χ1) is 12.7. The van der Waals surface area contributed by atoms with Crippen LogP contribution in [0.3, 0.4) is 0 Å². The minimum absolute atomic E-state index is 0.0860. The van der Waals surface area contributed by atoms with Gasteiger partial charge in [0, 0.05) is 30.4 Å². The summed E-state index contributed by atoms with van der Waals surface area (Å²) in [4.78, 5) is 15.0. The zero-order valence-electron chi connectivity index (χ0n) is 14.7. The maximum Gasteiger partial charge on any atom is 0.257 e. The molecule has 1 saturated heterocycles. The Morgan fingerprint density at radius 1 is 1.27 bits per heavy atom. The molecule has 136 valence electrons. The van der Waals surface area contributed by atoms with Gasteiger partial charge in [0.1, 0.15) is 0 Å². The zero-order valence-corrected chi connectivity index (χ0v) is 15.5. The highest BCUT2D eigenvalue weighted by Gasteiger charge is 2.29. The van der Waals surface area contributed by atoms with Crippen LogP contribution in [0, 0.1) is 0 Å². The molecule has 2 fully saturated rings. The van der Waals surface area contributed by atoms with E-state index in [2.05, 4.69) is 22.5 Å². The molecule has 6 heteroatoms. The third-order valence-corrected chi connectivity index (χ3v) is 6.05. The molecule has 1 aliphatic carbocycles. The van der Waals surface area contributed by atoms with Crippen molar-refractivity contribution in [2.45, 2.75) is 50.7 Å². The van der Waals surface area contributed by atoms with E-state index in [1.807, 2.05) is 15.8 Å². The number of halogens is 1. The Bertz CT molecular complexity index is 851. The Kier molecular flexibility index (Phi) is 4.02. The molecule has 1 atom stereocenters. The van der Waals surface area contributed by atoms with E-state index >= 15 is 0 Å². The first-order valence-electron chi connectivity index (χ1n) is 9.57. The van der Waals surface area contributed by atoms with Gasteiger partial charge in [-0.15, -0.1) is 0 Å². The second-order valence-electron chi connectivity index (χ2n) is 7.70. The van der Waals surface area contributed by atoms with Gasteiger partial charge in [-0.3, -0.25) is 9.48 Å². The molecule has 1 N–H and O–H groups in total. The van der Waals surface area contributed by atoms with Crippen LogP contribution in [0.5, 0.6) is 0 Å². The average Bonchev–Trinajstić information content (AvgIpc) is 3.16. The smallest absolute Gasteiger partial charge is 0.257 e. The quantitative estimate of drug-likeness (QED) is 0.899. The van der Waals surface area contributed by atoms with Crippen molar-refractivity contribution in [1.82, 2.24) is 20.0 Å². The van der Waals surface area contributed by atoms with Crippen molar-refractivity contribution in [2.24, 2.45) is 0 Å². The molecule has 1 saturated carbocycles. The van der Waals surface area contributed by atoms with Crippen molar-refractivity contribution < 1.29 is 4.79 Å². The number of carbonyl (C=O) groups excluding carboxylic acids is 1. The molecule has 26 heavy (non-hydrogen) atoms. The van der Waals surface area contributed by atoms with Crippen LogP contribution in [0.1, 0.15) is 64.8 Å². The number of hydrogen-bond donors (Lipinski definition) is 1. The van der Waals surface area contributed by atoms with Crippen molar-refractivity contribution in [3.05, 3.63) is 51.8 Å². The number of benzene rings is 1. The van der Waals surface area contributed by atoms with Crippen LogP contribution in [-0.2, 0) is 13.0 Å². The molecule has 0 unspecified atom stereocenters. The molecule has 5 rings (SSSR count). The van der Waals surface area contributed by atoms with Crippen LogP contribution >= 0.6 is 11.6 Å². The molecule has 0 bridgehead atoms. The summed E-state index contributed by atoms with van der Waals surface area (Å²) in [7, 11) is 0. The second kappa shape index (κ2) is 6.39.